The Bertz CT molecular complexity index is 304. The van der Waals surface area contributed by atoms with Crippen LogP contribution in [0, 0.1) is 22.7 Å². The number of nitrogens with zero attached hydrogens (tertiary/aromatic N) is 2. The summed E-state index contributed by atoms with van der Waals surface area (Å²) in [4.78, 5) is 14.1. The van der Waals surface area contributed by atoms with E-state index in [-0.39, 0.29) is 5.91 Å². The van der Waals surface area contributed by atoms with Crippen molar-refractivity contribution in [1.29, 1.82) is 5.26 Å². The molecule has 1 saturated heterocycles. The standard InChI is InChI=1S/C14H24N2O/c1-4-6-12(11-15)13(17)16-9-5-7-14(2,3)8-10-16/h12H,4-10H2,1-3H3. The number of amides is 1. The molecule has 0 radical (unpaired) electrons. The van der Waals surface area contributed by atoms with E-state index in [2.05, 4.69) is 19.9 Å². The molecule has 1 aliphatic heterocycles. The van der Waals surface area contributed by atoms with E-state index >= 15 is 0 Å². The van der Waals surface area contributed by atoms with Gasteiger partial charge in [0.05, 0.1) is 6.07 Å². The third kappa shape index (κ3) is 4.03. The number of hydrogen-bond acceptors (Lipinski definition) is 2. The van der Waals surface area contributed by atoms with Crippen molar-refractivity contribution in [2.45, 2.75) is 52.9 Å². The minimum Gasteiger partial charge on any atom is -0.342 e. The van der Waals surface area contributed by atoms with Gasteiger partial charge in [-0.1, -0.05) is 27.2 Å². The molecule has 96 valence electrons. The highest BCUT2D eigenvalue weighted by atomic mass is 16.2. The summed E-state index contributed by atoms with van der Waals surface area (Å²) in [6, 6.07) is 2.15. The zero-order valence-electron chi connectivity index (χ0n) is 11.3. The van der Waals surface area contributed by atoms with Crippen LogP contribution in [0.1, 0.15) is 52.9 Å². The van der Waals surface area contributed by atoms with Crippen molar-refractivity contribution in [3.63, 3.8) is 0 Å². The van der Waals surface area contributed by atoms with Gasteiger partial charge in [-0.2, -0.15) is 5.26 Å². The molecular formula is C14H24N2O. The number of rotatable bonds is 3. The van der Waals surface area contributed by atoms with Crippen LogP contribution in [0.4, 0.5) is 0 Å². The predicted molar refractivity (Wildman–Crippen MR) is 68.2 cm³/mol. The maximum Gasteiger partial charge on any atom is 0.239 e. The average molecular weight is 236 g/mol. The largest absolute Gasteiger partial charge is 0.342 e. The number of likely N-dealkylation sites (tertiary alicyclic amines) is 1. The maximum absolute atomic E-state index is 12.2. The van der Waals surface area contributed by atoms with E-state index in [0.29, 0.717) is 11.8 Å². The van der Waals surface area contributed by atoms with Crippen molar-refractivity contribution in [2.24, 2.45) is 11.3 Å². The summed E-state index contributed by atoms with van der Waals surface area (Å²) in [6.45, 7) is 8.17. The molecule has 0 aromatic rings. The third-order valence-corrected chi connectivity index (χ3v) is 3.68. The highest BCUT2D eigenvalue weighted by Crippen LogP contribution is 2.30. The highest BCUT2D eigenvalue weighted by molar-refractivity contribution is 5.81. The van der Waals surface area contributed by atoms with Gasteiger partial charge in [0, 0.05) is 13.1 Å². The molecule has 3 heteroatoms. The topological polar surface area (TPSA) is 44.1 Å². The summed E-state index contributed by atoms with van der Waals surface area (Å²) in [5, 5.41) is 9.03. The summed E-state index contributed by atoms with van der Waals surface area (Å²) in [5.74, 6) is -0.381. The van der Waals surface area contributed by atoms with Gasteiger partial charge in [0.15, 0.2) is 0 Å². The van der Waals surface area contributed by atoms with Gasteiger partial charge in [0.1, 0.15) is 5.92 Å². The van der Waals surface area contributed by atoms with E-state index in [9.17, 15) is 4.79 Å². The van der Waals surface area contributed by atoms with Crippen LogP contribution in [0.5, 0.6) is 0 Å². The second-order valence-corrected chi connectivity index (χ2v) is 5.81. The van der Waals surface area contributed by atoms with Gasteiger partial charge >= 0.3 is 0 Å². The van der Waals surface area contributed by atoms with Gasteiger partial charge in [0.2, 0.25) is 5.91 Å². The minimum absolute atomic E-state index is 0.0482. The zero-order valence-corrected chi connectivity index (χ0v) is 11.3. The number of carbonyl (C=O) groups excluding carboxylic acids is 1. The van der Waals surface area contributed by atoms with E-state index in [1.165, 1.54) is 6.42 Å². The van der Waals surface area contributed by atoms with E-state index in [4.69, 9.17) is 5.26 Å². The molecule has 1 unspecified atom stereocenters. The van der Waals surface area contributed by atoms with Crippen molar-refractivity contribution >= 4 is 5.91 Å². The average Bonchev–Trinajstić information content (AvgIpc) is 2.46. The second kappa shape index (κ2) is 6.05. The van der Waals surface area contributed by atoms with E-state index in [1.807, 2.05) is 11.8 Å². The van der Waals surface area contributed by atoms with Crippen LogP contribution >= 0.6 is 0 Å². The second-order valence-electron chi connectivity index (χ2n) is 5.81. The van der Waals surface area contributed by atoms with Crippen LogP contribution in [0.25, 0.3) is 0 Å². The Balaban J connectivity index is 2.61. The van der Waals surface area contributed by atoms with Crippen LogP contribution in [-0.2, 0) is 4.79 Å². The highest BCUT2D eigenvalue weighted by Gasteiger charge is 2.28. The molecule has 1 rings (SSSR count). The van der Waals surface area contributed by atoms with Crippen LogP contribution in [0.3, 0.4) is 0 Å². The van der Waals surface area contributed by atoms with Crippen molar-refractivity contribution in [3.05, 3.63) is 0 Å². The fourth-order valence-corrected chi connectivity index (χ4v) is 2.40. The molecule has 0 spiro atoms. The van der Waals surface area contributed by atoms with Crippen molar-refractivity contribution < 1.29 is 4.79 Å². The lowest BCUT2D eigenvalue weighted by Gasteiger charge is -2.24. The zero-order chi connectivity index (χ0) is 12.9. The SMILES string of the molecule is CCCC(C#N)C(=O)N1CCCC(C)(C)CC1. The molecule has 1 aliphatic rings. The fourth-order valence-electron chi connectivity index (χ4n) is 2.40. The summed E-state index contributed by atoms with van der Waals surface area (Å²) in [5.41, 5.74) is 0.335. The Morgan fingerprint density at radius 1 is 1.41 bits per heavy atom. The lowest BCUT2D eigenvalue weighted by molar-refractivity contribution is -0.133. The lowest BCUT2D eigenvalue weighted by Crippen LogP contribution is -2.36. The van der Waals surface area contributed by atoms with Gasteiger partial charge in [-0.25, -0.2) is 0 Å². The summed E-state index contributed by atoms with van der Waals surface area (Å²) < 4.78 is 0. The first-order valence-electron chi connectivity index (χ1n) is 6.68. The first-order chi connectivity index (χ1) is 8.00. The van der Waals surface area contributed by atoms with Crippen molar-refractivity contribution in [3.8, 4) is 6.07 Å². The quantitative estimate of drug-likeness (QED) is 0.756. The van der Waals surface area contributed by atoms with Gasteiger partial charge in [-0.15, -0.1) is 0 Å². The van der Waals surface area contributed by atoms with Gasteiger partial charge in [-0.05, 0) is 31.1 Å². The van der Waals surface area contributed by atoms with Crippen molar-refractivity contribution in [2.75, 3.05) is 13.1 Å². The molecule has 0 saturated carbocycles. The Labute approximate surface area is 105 Å². The molecule has 1 fully saturated rings. The van der Waals surface area contributed by atoms with E-state index in [0.717, 1.165) is 32.4 Å². The summed E-state index contributed by atoms with van der Waals surface area (Å²) in [6.07, 6.45) is 4.85. The minimum atomic E-state index is -0.429. The number of hydrogen-bond donors (Lipinski definition) is 0. The molecule has 0 aliphatic carbocycles. The Morgan fingerprint density at radius 2 is 2.12 bits per heavy atom. The van der Waals surface area contributed by atoms with Crippen LogP contribution in [-0.4, -0.2) is 23.9 Å². The fraction of sp³-hybridized carbons (Fsp3) is 0.857. The summed E-state index contributed by atoms with van der Waals surface area (Å²) in [7, 11) is 0. The first kappa shape index (κ1) is 14.0. The van der Waals surface area contributed by atoms with E-state index < -0.39 is 5.92 Å². The molecule has 0 N–H and O–H groups in total. The van der Waals surface area contributed by atoms with Crippen LogP contribution in [0.15, 0.2) is 0 Å². The molecule has 3 nitrogen and oxygen atoms in total. The smallest absolute Gasteiger partial charge is 0.239 e. The Kier molecular flexibility index (Phi) is 4.99. The molecule has 17 heavy (non-hydrogen) atoms. The van der Waals surface area contributed by atoms with Gasteiger partial charge < -0.3 is 4.90 Å². The maximum atomic E-state index is 12.2. The van der Waals surface area contributed by atoms with Crippen LogP contribution in [0.2, 0.25) is 0 Å². The number of carbonyl (C=O) groups is 1. The van der Waals surface area contributed by atoms with Crippen LogP contribution < -0.4 is 0 Å². The van der Waals surface area contributed by atoms with Gasteiger partial charge in [-0.3, -0.25) is 4.79 Å². The number of nitriles is 1. The molecule has 1 atom stereocenters. The normalized spacial score (nSPS) is 21.4. The lowest BCUT2D eigenvalue weighted by atomic mass is 9.85. The predicted octanol–water partition coefficient (Wildman–Crippen LogP) is 2.96. The monoisotopic (exact) mass is 236 g/mol. The van der Waals surface area contributed by atoms with Crippen molar-refractivity contribution in [1.82, 2.24) is 4.90 Å². The first-order valence-corrected chi connectivity index (χ1v) is 6.68. The third-order valence-electron chi connectivity index (χ3n) is 3.68. The Hall–Kier alpha value is -1.04. The molecule has 1 amide bonds. The molecule has 0 aromatic carbocycles. The summed E-state index contributed by atoms with van der Waals surface area (Å²) >= 11 is 0. The van der Waals surface area contributed by atoms with Gasteiger partial charge in [0.25, 0.3) is 0 Å². The molecular weight excluding hydrogens is 212 g/mol. The molecule has 0 aromatic heterocycles. The molecule has 0 bridgehead atoms. The molecule has 1 heterocycles. The van der Waals surface area contributed by atoms with E-state index in [1.54, 1.807) is 0 Å². The Morgan fingerprint density at radius 3 is 2.71 bits per heavy atom.